The number of carbonyl (C=O) groups excluding carboxylic acids is 1. The second-order valence-electron chi connectivity index (χ2n) is 4.84. The molecule has 20 heavy (non-hydrogen) atoms. The van der Waals surface area contributed by atoms with Gasteiger partial charge in [-0.2, -0.15) is 0 Å². The predicted molar refractivity (Wildman–Crippen MR) is 71.5 cm³/mol. The number of hydrogen-bond donors (Lipinski definition) is 3. The van der Waals surface area contributed by atoms with E-state index < -0.39 is 17.4 Å². The summed E-state index contributed by atoms with van der Waals surface area (Å²) in [6, 6.07) is 3.20. The minimum Gasteiger partial charge on any atom is -0.480 e. The summed E-state index contributed by atoms with van der Waals surface area (Å²) in [6.07, 6.45) is 0.603. The third-order valence-electron chi connectivity index (χ3n) is 3.41. The molecule has 0 aromatic carbocycles. The minimum absolute atomic E-state index is 0.183. The molecule has 1 aliphatic heterocycles. The molecule has 0 radical (unpaired) electrons. The molecule has 0 atom stereocenters. The van der Waals surface area contributed by atoms with Crippen LogP contribution >= 0.6 is 0 Å². The van der Waals surface area contributed by atoms with Crippen LogP contribution in [0.2, 0.25) is 0 Å². The van der Waals surface area contributed by atoms with Crippen LogP contribution in [0, 0.1) is 6.92 Å². The Morgan fingerprint density at radius 2 is 2.05 bits per heavy atom. The van der Waals surface area contributed by atoms with E-state index in [0.29, 0.717) is 31.7 Å². The number of carbonyl (C=O) groups is 2. The van der Waals surface area contributed by atoms with E-state index in [0.717, 1.165) is 0 Å². The summed E-state index contributed by atoms with van der Waals surface area (Å²) in [6.45, 7) is 2.45. The van der Waals surface area contributed by atoms with Crippen LogP contribution in [0.5, 0.6) is 0 Å². The molecule has 7 nitrogen and oxygen atoms in total. The molecule has 0 unspecified atom stereocenters. The molecule has 108 valence electrons. The number of aliphatic carboxylic acids is 1. The minimum atomic E-state index is -1.18. The standard InChI is InChI=1S/C13H17N3O4/c1-8-2-3-9(10(14)17)11(15-8)16-13(12(18)19)4-6-20-7-5-13/h2-3H,4-7H2,1H3,(H2,14,17)(H,15,16)(H,18,19). The molecular weight excluding hydrogens is 262 g/mol. The summed E-state index contributed by atoms with van der Waals surface area (Å²) in [5.74, 6) is -1.42. The van der Waals surface area contributed by atoms with Crippen molar-refractivity contribution in [1.29, 1.82) is 0 Å². The summed E-state index contributed by atoms with van der Waals surface area (Å²) < 4.78 is 5.20. The quantitative estimate of drug-likeness (QED) is 0.740. The molecule has 1 aromatic heterocycles. The normalized spacial score (nSPS) is 17.4. The lowest BCUT2D eigenvalue weighted by atomic mass is 9.90. The Bertz CT molecular complexity index is 538. The van der Waals surface area contributed by atoms with Crippen LogP contribution in [-0.4, -0.2) is 40.7 Å². The topological polar surface area (TPSA) is 115 Å². The summed E-state index contributed by atoms with van der Waals surface area (Å²) >= 11 is 0. The highest BCUT2D eigenvalue weighted by Gasteiger charge is 2.41. The van der Waals surface area contributed by atoms with Crippen molar-refractivity contribution in [3.05, 3.63) is 23.4 Å². The highest BCUT2D eigenvalue weighted by molar-refractivity contribution is 5.98. The van der Waals surface area contributed by atoms with E-state index >= 15 is 0 Å². The fraction of sp³-hybridized carbons (Fsp3) is 0.462. The van der Waals surface area contributed by atoms with Crippen LogP contribution in [-0.2, 0) is 9.53 Å². The number of amides is 1. The Kier molecular flexibility index (Phi) is 3.89. The first-order valence-corrected chi connectivity index (χ1v) is 6.31. The van der Waals surface area contributed by atoms with Gasteiger partial charge in [0.15, 0.2) is 0 Å². The zero-order valence-corrected chi connectivity index (χ0v) is 11.2. The van der Waals surface area contributed by atoms with Gasteiger partial charge in [-0.25, -0.2) is 9.78 Å². The van der Waals surface area contributed by atoms with Crippen molar-refractivity contribution in [3.63, 3.8) is 0 Å². The number of nitrogens with zero attached hydrogens (tertiary/aromatic N) is 1. The Morgan fingerprint density at radius 1 is 1.40 bits per heavy atom. The maximum atomic E-state index is 11.6. The number of aryl methyl sites for hydroxylation is 1. The Labute approximate surface area is 116 Å². The van der Waals surface area contributed by atoms with Crippen LogP contribution < -0.4 is 11.1 Å². The van der Waals surface area contributed by atoms with Crippen molar-refractivity contribution >= 4 is 17.7 Å². The first kappa shape index (κ1) is 14.3. The molecule has 1 amide bonds. The summed E-state index contributed by atoms with van der Waals surface area (Å²) in [5.41, 5.74) is 4.98. The maximum Gasteiger partial charge on any atom is 0.329 e. The van der Waals surface area contributed by atoms with Gasteiger partial charge in [0.1, 0.15) is 11.4 Å². The van der Waals surface area contributed by atoms with Crippen LogP contribution in [0.3, 0.4) is 0 Å². The molecular formula is C13H17N3O4. The Hall–Kier alpha value is -2.15. The number of anilines is 1. The molecule has 7 heteroatoms. The van der Waals surface area contributed by atoms with Crippen molar-refractivity contribution < 1.29 is 19.4 Å². The van der Waals surface area contributed by atoms with Crippen LogP contribution in [0.4, 0.5) is 5.82 Å². The number of pyridine rings is 1. The van der Waals surface area contributed by atoms with Crippen molar-refractivity contribution in [2.75, 3.05) is 18.5 Å². The van der Waals surface area contributed by atoms with Crippen LogP contribution in [0.25, 0.3) is 0 Å². The number of carboxylic acids is 1. The fourth-order valence-electron chi connectivity index (χ4n) is 2.19. The zero-order chi connectivity index (χ0) is 14.8. The summed E-state index contributed by atoms with van der Waals surface area (Å²) in [4.78, 5) is 27.2. The highest BCUT2D eigenvalue weighted by Crippen LogP contribution is 2.27. The summed E-state index contributed by atoms with van der Waals surface area (Å²) in [5, 5.41) is 12.4. The van der Waals surface area contributed by atoms with Crippen molar-refractivity contribution in [2.24, 2.45) is 5.73 Å². The van der Waals surface area contributed by atoms with Crippen LogP contribution in [0.15, 0.2) is 12.1 Å². The van der Waals surface area contributed by atoms with Gasteiger partial charge < -0.3 is 20.9 Å². The van der Waals surface area contributed by atoms with Gasteiger partial charge in [-0.05, 0) is 19.1 Å². The molecule has 0 spiro atoms. The maximum absolute atomic E-state index is 11.6. The van der Waals surface area contributed by atoms with E-state index in [1.165, 1.54) is 0 Å². The fourth-order valence-corrected chi connectivity index (χ4v) is 2.19. The van der Waals surface area contributed by atoms with Gasteiger partial charge in [-0.15, -0.1) is 0 Å². The SMILES string of the molecule is Cc1ccc(C(N)=O)c(NC2(C(=O)O)CCOCC2)n1. The lowest BCUT2D eigenvalue weighted by Gasteiger charge is -2.34. The van der Waals surface area contributed by atoms with E-state index in [1.54, 1.807) is 19.1 Å². The molecule has 2 rings (SSSR count). The van der Waals surface area contributed by atoms with Crippen molar-refractivity contribution in [2.45, 2.75) is 25.3 Å². The molecule has 0 aliphatic carbocycles. The van der Waals surface area contributed by atoms with Gasteiger partial charge in [0.2, 0.25) is 0 Å². The van der Waals surface area contributed by atoms with Gasteiger partial charge in [-0.3, -0.25) is 4.79 Å². The lowest BCUT2D eigenvalue weighted by Crippen LogP contribution is -2.51. The number of aromatic nitrogens is 1. The Morgan fingerprint density at radius 3 is 2.60 bits per heavy atom. The van der Waals surface area contributed by atoms with Gasteiger partial charge in [0, 0.05) is 31.7 Å². The van der Waals surface area contributed by atoms with E-state index in [1.807, 2.05) is 0 Å². The number of hydrogen-bond acceptors (Lipinski definition) is 5. The second-order valence-corrected chi connectivity index (χ2v) is 4.84. The molecule has 1 fully saturated rings. The number of nitrogens with two attached hydrogens (primary N) is 1. The molecule has 1 aliphatic rings. The zero-order valence-electron chi connectivity index (χ0n) is 11.2. The van der Waals surface area contributed by atoms with E-state index in [9.17, 15) is 14.7 Å². The van der Waals surface area contributed by atoms with Gasteiger partial charge in [-0.1, -0.05) is 0 Å². The van der Waals surface area contributed by atoms with Gasteiger partial charge in [0.05, 0.1) is 5.56 Å². The average molecular weight is 279 g/mol. The largest absolute Gasteiger partial charge is 0.480 e. The number of ether oxygens (including phenoxy) is 1. The molecule has 4 N–H and O–H groups in total. The molecule has 1 aromatic rings. The summed E-state index contributed by atoms with van der Waals surface area (Å²) in [7, 11) is 0. The molecule has 2 heterocycles. The molecule has 0 saturated carbocycles. The van der Waals surface area contributed by atoms with Crippen molar-refractivity contribution in [3.8, 4) is 0 Å². The number of primary amides is 1. The van der Waals surface area contributed by atoms with Gasteiger partial charge >= 0.3 is 5.97 Å². The third kappa shape index (κ3) is 2.72. The van der Waals surface area contributed by atoms with E-state index in [-0.39, 0.29) is 11.4 Å². The molecule has 1 saturated heterocycles. The second kappa shape index (κ2) is 5.46. The number of nitrogens with one attached hydrogen (secondary N) is 1. The third-order valence-corrected chi connectivity index (χ3v) is 3.41. The average Bonchev–Trinajstić information content (AvgIpc) is 2.39. The first-order chi connectivity index (χ1) is 9.44. The number of rotatable bonds is 4. The molecule has 0 bridgehead atoms. The monoisotopic (exact) mass is 279 g/mol. The van der Waals surface area contributed by atoms with Crippen molar-refractivity contribution in [1.82, 2.24) is 4.98 Å². The van der Waals surface area contributed by atoms with Gasteiger partial charge in [0.25, 0.3) is 5.91 Å². The highest BCUT2D eigenvalue weighted by atomic mass is 16.5. The Balaban J connectivity index is 2.38. The van der Waals surface area contributed by atoms with Crippen LogP contribution in [0.1, 0.15) is 28.9 Å². The number of carboxylic acid groups (broad SMARTS) is 1. The van der Waals surface area contributed by atoms with E-state index in [2.05, 4.69) is 10.3 Å². The smallest absolute Gasteiger partial charge is 0.329 e. The first-order valence-electron chi connectivity index (χ1n) is 6.31. The van der Waals surface area contributed by atoms with E-state index in [4.69, 9.17) is 10.5 Å². The lowest BCUT2D eigenvalue weighted by molar-refractivity contribution is -0.145. The predicted octanol–water partition coefficient (Wildman–Crippen LogP) is 0.535.